The number of rotatable bonds is 22. The zero-order valence-corrected chi connectivity index (χ0v) is 41.3. The first-order valence-electron chi connectivity index (χ1n) is 21.7. The number of hydrogen-bond donors (Lipinski definition) is 3. The van der Waals surface area contributed by atoms with Gasteiger partial charge in [-0.05, 0) is 78.1 Å². The number of hydrogen-bond acceptors (Lipinski definition) is 11. The van der Waals surface area contributed by atoms with Gasteiger partial charge in [-0.3, -0.25) is 33.7 Å². The summed E-state index contributed by atoms with van der Waals surface area (Å²) in [5.74, 6) is -5.42. The third kappa shape index (κ3) is 16.3. The summed E-state index contributed by atoms with van der Waals surface area (Å²) in [6, 6.07) is -7.91. The van der Waals surface area contributed by atoms with Crippen LogP contribution in [0.5, 0.6) is 0 Å². The molecule has 0 aromatic heterocycles. The molecule has 0 saturated heterocycles. The molecule has 0 saturated carbocycles. The predicted molar refractivity (Wildman–Crippen MR) is 236 cm³/mol. The summed E-state index contributed by atoms with van der Waals surface area (Å²) in [6.07, 6.45) is -1.13. The van der Waals surface area contributed by atoms with E-state index in [0.717, 1.165) is 14.7 Å². The highest BCUT2D eigenvalue weighted by Gasteiger charge is 2.43. The summed E-state index contributed by atoms with van der Waals surface area (Å²) in [4.78, 5) is 115. The van der Waals surface area contributed by atoms with Crippen LogP contribution in [-0.4, -0.2) is 173 Å². The molecule has 0 aliphatic heterocycles. The number of methoxy groups -OCH3 is 1. The lowest BCUT2D eigenvalue weighted by Crippen LogP contribution is -2.63. The maximum atomic E-state index is 14.3. The normalized spacial score (nSPS) is 16.1. The first-order chi connectivity index (χ1) is 28.3. The van der Waals surface area contributed by atoms with Crippen LogP contribution < -0.4 is 10.6 Å². The monoisotopic (exact) mass is 884 g/mol. The summed E-state index contributed by atoms with van der Waals surface area (Å²) in [7, 11) is 8.24. The fourth-order valence-electron chi connectivity index (χ4n) is 6.59. The van der Waals surface area contributed by atoms with Crippen LogP contribution in [0.2, 0.25) is 0 Å². The van der Waals surface area contributed by atoms with Crippen molar-refractivity contribution in [1.29, 1.82) is 0 Å². The molecular formula is C44H81N7O11. The Hall–Kier alpha value is -4.48. The summed E-state index contributed by atoms with van der Waals surface area (Å²) in [5.41, 5.74) is -0.804. The number of aliphatic hydroxyl groups excluding tert-OH is 1. The number of nitrogens with zero attached hydrogens (tertiary/aromatic N) is 5. The standard InChI is InChI=1S/C44H81N7O11/c1-21-27(8)33(41(58)48(16)28(9)39(56)50(18)32(23-25(4)5)36(53)45-31(22-24(2)3)42(59)61-20)46-37(54)34(35(52)26(6)7)51(19)40(57)29(10)47(15)38(55)30(11)49(17)43(60)62-44(12,13)14/h24-35,52H,21-23H2,1-20H3,(H,45,53)(H,46,54)/t27-,28-,29-,30-,31-,32-,33+,34+,35+/m0/s1. The first-order valence-corrected chi connectivity index (χ1v) is 21.7. The highest BCUT2D eigenvalue weighted by Crippen LogP contribution is 2.21. The molecule has 0 heterocycles. The van der Waals surface area contributed by atoms with Gasteiger partial charge in [-0.25, -0.2) is 9.59 Å². The Morgan fingerprint density at radius 1 is 0.597 bits per heavy atom. The van der Waals surface area contributed by atoms with Gasteiger partial charge in [0.15, 0.2) is 0 Å². The van der Waals surface area contributed by atoms with Crippen molar-refractivity contribution in [3.8, 4) is 0 Å². The predicted octanol–water partition coefficient (Wildman–Crippen LogP) is 2.89. The molecule has 9 atom stereocenters. The Kier molecular flexibility index (Phi) is 23.2. The second kappa shape index (κ2) is 25.0. The molecule has 0 aliphatic carbocycles. The molecule has 0 rings (SSSR count). The number of esters is 1. The number of carbonyl (C=O) groups is 8. The van der Waals surface area contributed by atoms with Gasteiger partial charge in [0.1, 0.15) is 47.9 Å². The fraction of sp³-hybridized carbons (Fsp3) is 0.818. The van der Waals surface area contributed by atoms with Crippen molar-refractivity contribution in [3.05, 3.63) is 0 Å². The Balaban J connectivity index is 6.56. The van der Waals surface area contributed by atoms with E-state index in [1.54, 1.807) is 41.5 Å². The fourth-order valence-corrected chi connectivity index (χ4v) is 6.59. The van der Waals surface area contributed by atoms with Gasteiger partial charge in [-0.2, -0.15) is 0 Å². The Labute approximate surface area is 371 Å². The van der Waals surface area contributed by atoms with Crippen molar-refractivity contribution in [2.75, 3.05) is 42.3 Å². The molecule has 3 N–H and O–H groups in total. The van der Waals surface area contributed by atoms with Gasteiger partial charge < -0.3 is 44.8 Å². The van der Waals surface area contributed by atoms with Gasteiger partial charge in [0.05, 0.1) is 13.2 Å². The van der Waals surface area contributed by atoms with Crippen LogP contribution in [0.4, 0.5) is 4.79 Å². The zero-order chi connectivity index (χ0) is 48.9. The highest BCUT2D eigenvalue weighted by atomic mass is 16.6. The van der Waals surface area contributed by atoms with E-state index in [2.05, 4.69) is 10.6 Å². The van der Waals surface area contributed by atoms with Gasteiger partial charge in [-0.15, -0.1) is 0 Å². The van der Waals surface area contributed by atoms with Gasteiger partial charge in [-0.1, -0.05) is 61.8 Å². The number of likely N-dealkylation sites (N-methyl/N-ethyl adjacent to an activating group) is 5. The quantitative estimate of drug-likeness (QED) is 0.135. The van der Waals surface area contributed by atoms with Crippen LogP contribution in [0.25, 0.3) is 0 Å². The van der Waals surface area contributed by atoms with Gasteiger partial charge in [0, 0.05) is 35.2 Å². The minimum Gasteiger partial charge on any atom is -0.467 e. The van der Waals surface area contributed by atoms with E-state index in [1.807, 2.05) is 34.6 Å². The maximum Gasteiger partial charge on any atom is 0.410 e. The largest absolute Gasteiger partial charge is 0.467 e. The lowest BCUT2D eigenvalue weighted by Gasteiger charge is -2.39. The highest BCUT2D eigenvalue weighted by molar-refractivity contribution is 5.97. The number of carbonyl (C=O) groups excluding carboxylic acids is 8. The van der Waals surface area contributed by atoms with Crippen LogP contribution in [-0.2, 0) is 43.0 Å². The average Bonchev–Trinajstić information content (AvgIpc) is 3.19. The zero-order valence-electron chi connectivity index (χ0n) is 41.3. The minimum atomic E-state index is -1.51. The van der Waals surface area contributed by atoms with E-state index in [9.17, 15) is 43.5 Å². The molecule has 0 aromatic rings. The molecule has 18 heteroatoms. The number of ether oxygens (including phenoxy) is 2. The lowest BCUT2D eigenvalue weighted by atomic mass is 9.94. The molecule has 62 heavy (non-hydrogen) atoms. The van der Waals surface area contributed by atoms with Gasteiger partial charge >= 0.3 is 12.1 Å². The van der Waals surface area contributed by atoms with Gasteiger partial charge in [0.2, 0.25) is 35.4 Å². The van der Waals surface area contributed by atoms with E-state index in [4.69, 9.17) is 9.47 Å². The molecule has 0 bridgehead atoms. The SMILES string of the molecule is CC[C@H](C)[C@@H](NC(=O)[C@@H]([C@H](O)C(C)C)N(C)C(=O)[C@H](C)N(C)C(=O)[C@H](C)N(C)C(=O)OC(C)(C)C)C(=O)N(C)[C@@H](C)C(=O)N(C)[C@@H](CC(C)C)C(=O)N[C@@H](CC(C)C)C(=O)OC. The third-order valence-corrected chi connectivity index (χ3v) is 11.3. The number of nitrogens with one attached hydrogen (secondary N) is 2. The molecule has 18 nitrogen and oxygen atoms in total. The van der Waals surface area contributed by atoms with Crippen molar-refractivity contribution < 1.29 is 52.9 Å². The molecule has 0 fully saturated rings. The first kappa shape index (κ1) is 57.5. The van der Waals surface area contributed by atoms with Crippen molar-refractivity contribution in [2.24, 2.45) is 23.7 Å². The van der Waals surface area contributed by atoms with Crippen LogP contribution >= 0.6 is 0 Å². The Morgan fingerprint density at radius 3 is 1.45 bits per heavy atom. The van der Waals surface area contributed by atoms with Crippen LogP contribution in [0, 0.1) is 23.7 Å². The van der Waals surface area contributed by atoms with Crippen molar-refractivity contribution in [1.82, 2.24) is 35.1 Å². The van der Waals surface area contributed by atoms with Crippen molar-refractivity contribution in [3.63, 3.8) is 0 Å². The average molecular weight is 884 g/mol. The van der Waals surface area contributed by atoms with E-state index in [-0.39, 0.29) is 18.3 Å². The summed E-state index contributed by atoms with van der Waals surface area (Å²) in [6.45, 7) is 24.0. The van der Waals surface area contributed by atoms with Crippen LogP contribution in [0.1, 0.15) is 116 Å². The molecule has 0 spiro atoms. The lowest BCUT2D eigenvalue weighted by molar-refractivity contribution is -0.153. The van der Waals surface area contributed by atoms with Crippen molar-refractivity contribution in [2.45, 2.75) is 170 Å². The second-order valence-electron chi connectivity index (χ2n) is 18.8. The maximum absolute atomic E-state index is 14.3. The molecule has 0 unspecified atom stereocenters. The summed E-state index contributed by atoms with van der Waals surface area (Å²) in [5, 5.41) is 16.9. The molecular weight excluding hydrogens is 803 g/mol. The molecule has 7 amide bonds. The number of amides is 7. The minimum absolute atomic E-state index is 0.0280. The molecule has 0 aliphatic rings. The van der Waals surface area contributed by atoms with Crippen molar-refractivity contribution >= 4 is 47.5 Å². The van der Waals surface area contributed by atoms with E-state index in [0.29, 0.717) is 12.8 Å². The van der Waals surface area contributed by atoms with E-state index < -0.39 is 113 Å². The van der Waals surface area contributed by atoms with E-state index in [1.165, 1.54) is 72.9 Å². The Bertz CT molecular complexity index is 1550. The van der Waals surface area contributed by atoms with Gasteiger partial charge in [0.25, 0.3) is 0 Å². The van der Waals surface area contributed by atoms with Crippen LogP contribution in [0.3, 0.4) is 0 Å². The second-order valence-corrected chi connectivity index (χ2v) is 18.8. The molecule has 0 aromatic carbocycles. The Morgan fingerprint density at radius 2 is 1.03 bits per heavy atom. The smallest absolute Gasteiger partial charge is 0.410 e. The molecule has 0 radical (unpaired) electrons. The summed E-state index contributed by atoms with van der Waals surface area (Å²) >= 11 is 0. The van der Waals surface area contributed by atoms with E-state index >= 15 is 0 Å². The molecule has 358 valence electrons. The summed E-state index contributed by atoms with van der Waals surface area (Å²) < 4.78 is 10.3. The number of aliphatic hydroxyl groups is 1. The van der Waals surface area contributed by atoms with Crippen LogP contribution in [0.15, 0.2) is 0 Å². The third-order valence-electron chi connectivity index (χ3n) is 11.3. The topological polar surface area (TPSA) is 216 Å².